The summed E-state index contributed by atoms with van der Waals surface area (Å²) in [6.07, 6.45) is 3.77. The molecule has 1 aliphatic rings. The van der Waals surface area contributed by atoms with Crippen molar-refractivity contribution in [1.29, 1.82) is 0 Å². The van der Waals surface area contributed by atoms with E-state index in [0.29, 0.717) is 5.57 Å². The highest BCUT2D eigenvalue weighted by Crippen LogP contribution is 2.09. The Morgan fingerprint density at radius 3 is 2.50 bits per heavy atom. The van der Waals surface area contributed by atoms with Gasteiger partial charge in [-0.1, -0.05) is 6.08 Å². The summed E-state index contributed by atoms with van der Waals surface area (Å²) in [6, 6.07) is -0.910. The first kappa shape index (κ1) is 10.3. The number of aliphatic carboxylic acids is 1. The van der Waals surface area contributed by atoms with Crippen molar-refractivity contribution < 1.29 is 25.2 Å². The number of allylic oxidation sites excluding steroid dienone is 3. The fraction of sp³-hybridized carbons (Fsp3) is 0.222. The van der Waals surface area contributed by atoms with Gasteiger partial charge in [0.25, 0.3) is 0 Å². The Labute approximate surface area is 79.9 Å². The number of hydrogen-bond donors (Lipinski definition) is 1. The molecule has 1 atom stereocenters. The SMILES string of the molecule is [NH3+][C@@H](CC1=CC(=O)C(=O)C=C1)C(=O)[O-]. The van der Waals surface area contributed by atoms with Crippen LogP contribution in [-0.2, 0) is 14.4 Å². The number of carbonyl (C=O) groups excluding carboxylic acids is 3. The summed E-state index contributed by atoms with van der Waals surface area (Å²) in [7, 11) is 0. The van der Waals surface area contributed by atoms with Gasteiger partial charge in [-0.3, -0.25) is 9.59 Å². The first-order valence-electron chi connectivity index (χ1n) is 4.01. The normalized spacial score (nSPS) is 17.9. The van der Waals surface area contributed by atoms with Gasteiger partial charge in [-0.15, -0.1) is 0 Å². The Morgan fingerprint density at radius 2 is 2.00 bits per heavy atom. The van der Waals surface area contributed by atoms with Crippen LogP contribution in [0.25, 0.3) is 0 Å². The monoisotopic (exact) mass is 195 g/mol. The second kappa shape index (κ2) is 3.97. The molecule has 14 heavy (non-hydrogen) atoms. The van der Waals surface area contributed by atoms with Crippen LogP contribution in [0.1, 0.15) is 6.42 Å². The largest absolute Gasteiger partial charge is 0.544 e. The Balaban J connectivity index is 2.68. The molecule has 0 saturated heterocycles. The third kappa shape index (κ3) is 2.37. The summed E-state index contributed by atoms with van der Waals surface area (Å²) in [5.74, 6) is -2.50. The molecular formula is C9H9NO4. The number of carboxylic acids is 1. The highest BCUT2D eigenvalue weighted by molar-refractivity contribution is 6.46. The molecule has 0 aliphatic heterocycles. The smallest absolute Gasteiger partial charge is 0.225 e. The lowest BCUT2D eigenvalue weighted by atomic mass is 9.99. The molecule has 0 aromatic rings. The molecular weight excluding hydrogens is 186 g/mol. The van der Waals surface area contributed by atoms with Gasteiger partial charge in [-0.25, -0.2) is 0 Å². The van der Waals surface area contributed by atoms with Crippen molar-refractivity contribution in [2.75, 3.05) is 0 Å². The molecule has 0 aromatic heterocycles. The lowest BCUT2D eigenvalue weighted by Gasteiger charge is -2.10. The number of carboxylic acid groups (broad SMARTS) is 1. The maximum absolute atomic E-state index is 10.9. The van der Waals surface area contributed by atoms with Crippen molar-refractivity contribution in [2.24, 2.45) is 0 Å². The maximum atomic E-state index is 10.9. The fourth-order valence-electron chi connectivity index (χ4n) is 1.05. The molecule has 1 rings (SSSR count). The van der Waals surface area contributed by atoms with Crippen LogP contribution in [-0.4, -0.2) is 23.6 Å². The average molecular weight is 195 g/mol. The van der Waals surface area contributed by atoms with Gasteiger partial charge in [0.05, 0.1) is 5.97 Å². The minimum absolute atomic E-state index is 0.0951. The molecule has 5 heteroatoms. The number of rotatable bonds is 3. The van der Waals surface area contributed by atoms with Crippen molar-refractivity contribution in [2.45, 2.75) is 12.5 Å². The molecule has 5 nitrogen and oxygen atoms in total. The Hall–Kier alpha value is -1.75. The van der Waals surface area contributed by atoms with Crippen LogP contribution in [0.5, 0.6) is 0 Å². The van der Waals surface area contributed by atoms with Crippen LogP contribution < -0.4 is 10.8 Å². The molecule has 0 amide bonds. The van der Waals surface area contributed by atoms with E-state index < -0.39 is 23.6 Å². The predicted octanol–water partition coefficient (Wildman–Crippen LogP) is -2.63. The van der Waals surface area contributed by atoms with Gasteiger partial charge in [0.15, 0.2) is 0 Å². The van der Waals surface area contributed by atoms with Crippen molar-refractivity contribution in [1.82, 2.24) is 0 Å². The molecule has 0 radical (unpaired) electrons. The average Bonchev–Trinajstić information content (AvgIpc) is 2.11. The molecule has 0 fully saturated rings. The van der Waals surface area contributed by atoms with E-state index in [1.165, 1.54) is 6.08 Å². The minimum Gasteiger partial charge on any atom is -0.544 e. The summed E-state index contributed by atoms with van der Waals surface area (Å²) >= 11 is 0. The van der Waals surface area contributed by atoms with Gasteiger partial charge >= 0.3 is 0 Å². The van der Waals surface area contributed by atoms with Gasteiger partial charge in [-0.2, -0.15) is 0 Å². The quantitative estimate of drug-likeness (QED) is 0.393. The zero-order valence-electron chi connectivity index (χ0n) is 7.36. The van der Waals surface area contributed by atoms with E-state index in [4.69, 9.17) is 0 Å². The van der Waals surface area contributed by atoms with Crippen LogP contribution in [0.3, 0.4) is 0 Å². The highest BCUT2D eigenvalue weighted by atomic mass is 16.4. The van der Waals surface area contributed by atoms with E-state index in [-0.39, 0.29) is 6.42 Å². The first-order chi connectivity index (χ1) is 6.50. The summed E-state index contributed by atoms with van der Waals surface area (Å²) < 4.78 is 0. The Bertz CT molecular complexity index is 354. The van der Waals surface area contributed by atoms with Gasteiger partial charge in [-0.05, 0) is 17.7 Å². The number of carbonyl (C=O) groups is 3. The van der Waals surface area contributed by atoms with Gasteiger partial charge in [0.2, 0.25) is 11.6 Å². The standard InChI is InChI=1S/C9H9NO4/c10-6(9(13)14)3-5-1-2-7(11)8(12)4-5/h1-2,4,6H,3,10H2,(H,13,14)/t6-/m0/s1. The molecule has 0 bridgehead atoms. The summed E-state index contributed by atoms with van der Waals surface area (Å²) in [5.41, 5.74) is 3.83. The van der Waals surface area contributed by atoms with E-state index in [9.17, 15) is 19.5 Å². The Morgan fingerprint density at radius 1 is 1.36 bits per heavy atom. The van der Waals surface area contributed by atoms with Gasteiger partial charge in [0, 0.05) is 6.42 Å². The third-order valence-corrected chi connectivity index (χ3v) is 1.82. The zero-order valence-corrected chi connectivity index (χ0v) is 7.36. The molecule has 0 unspecified atom stereocenters. The Kier molecular flexibility index (Phi) is 2.93. The van der Waals surface area contributed by atoms with Crippen LogP contribution >= 0.6 is 0 Å². The fourth-order valence-corrected chi connectivity index (χ4v) is 1.05. The second-order valence-corrected chi connectivity index (χ2v) is 3.00. The maximum Gasteiger partial charge on any atom is 0.225 e. The van der Waals surface area contributed by atoms with Crippen molar-refractivity contribution in [3.05, 3.63) is 23.8 Å². The summed E-state index contributed by atoms with van der Waals surface area (Å²) in [5, 5.41) is 10.3. The van der Waals surface area contributed by atoms with E-state index in [1.807, 2.05) is 0 Å². The molecule has 0 spiro atoms. The molecule has 0 heterocycles. The third-order valence-electron chi connectivity index (χ3n) is 1.82. The van der Waals surface area contributed by atoms with E-state index in [2.05, 4.69) is 5.73 Å². The predicted molar refractivity (Wildman–Crippen MR) is 43.5 cm³/mol. The van der Waals surface area contributed by atoms with Crippen LogP contribution in [0.4, 0.5) is 0 Å². The minimum atomic E-state index is -1.27. The van der Waals surface area contributed by atoms with Crippen molar-refractivity contribution in [3.8, 4) is 0 Å². The molecule has 74 valence electrons. The highest BCUT2D eigenvalue weighted by Gasteiger charge is 2.16. The lowest BCUT2D eigenvalue weighted by Crippen LogP contribution is -2.68. The number of ketones is 2. The van der Waals surface area contributed by atoms with Crippen molar-refractivity contribution in [3.63, 3.8) is 0 Å². The molecule has 0 aromatic carbocycles. The van der Waals surface area contributed by atoms with E-state index in [1.54, 1.807) is 0 Å². The number of quaternary nitrogens is 1. The van der Waals surface area contributed by atoms with Crippen LogP contribution in [0, 0.1) is 0 Å². The molecule has 1 aliphatic carbocycles. The number of hydrogen-bond acceptors (Lipinski definition) is 4. The lowest BCUT2D eigenvalue weighted by molar-refractivity contribution is -0.436. The molecule has 0 saturated carbocycles. The van der Waals surface area contributed by atoms with Crippen LogP contribution in [0.15, 0.2) is 23.8 Å². The van der Waals surface area contributed by atoms with E-state index >= 15 is 0 Å². The topological polar surface area (TPSA) is 102 Å². The molecule has 3 N–H and O–H groups in total. The van der Waals surface area contributed by atoms with Gasteiger partial charge < -0.3 is 15.6 Å². The first-order valence-corrected chi connectivity index (χ1v) is 4.01. The zero-order chi connectivity index (χ0) is 10.7. The summed E-state index contributed by atoms with van der Waals surface area (Å²) in [4.78, 5) is 32.0. The second-order valence-electron chi connectivity index (χ2n) is 3.00. The van der Waals surface area contributed by atoms with Crippen LogP contribution in [0.2, 0.25) is 0 Å². The van der Waals surface area contributed by atoms with E-state index in [0.717, 1.165) is 12.2 Å². The van der Waals surface area contributed by atoms with Gasteiger partial charge in [0.1, 0.15) is 6.04 Å². The van der Waals surface area contributed by atoms with Crippen molar-refractivity contribution >= 4 is 17.5 Å². The summed E-state index contributed by atoms with van der Waals surface area (Å²) in [6.45, 7) is 0.